The summed E-state index contributed by atoms with van der Waals surface area (Å²) in [4.78, 5) is 0. The predicted octanol–water partition coefficient (Wildman–Crippen LogP) is 11.9. The van der Waals surface area contributed by atoms with Gasteiger partial charge in [0.25, 0.3) is 0 Å². The molecule has 4 aromatic rings. The average molecular weight is 1170 g/mol. The largest absolute Gasteiger partial charge is 0.147 e. The van der Waals surface area contributed by atoms with E-state index in [1.165, 1.54) is 12.8 Å². The van der Waals surface area contributed by atoms with Crippen LogP contribution in [0.4, 0.5) is 0 Å². The minimum atomic E-state index is -2.35. The maximum Gasteiger partial charge on any atom is -0.147 e. The second kappa shape index (κ2) is 21.4. The molecule has 58 heavy (non-hydrogen) atoms. The fourth-order valence-electron chi connectivity index (χ4n) is 9.07. The average Bonchev–Trinajstić information content (AvgIpc) is 4.05. The first kappa shape index (κ1) is 46.6. The van der Waals surface area contributed by atoms with Gasteiger partial charge in [0.1, 0.15) is 0 Å². The quantitative estimate of drug-likeness (QED) is 0.154. The monoisotopic (exact) mass is 1170 g/mol. The topological polar surface area (TPSA) is 0 Å². The van der Waals surface area contributed by atoms with Crippen molar-refractivity contribution >= 4 is 56.6 Å². The molecule has 0 amide bonds. The molecule has 0 N–H and O–H groups in total. The molecule has 0 spiro atoms. The molecule has 2 unspecified atom stereocenters. The van der Waals surface area contributed by atoms with Crippen molar-refractivity contribution in [2.45, 2.75) is 68.2 Å². The van der Waals surface area contributed by atoms with Crippen LogP contribution in [0.5, 0.6) is 0 Å². The van der Waals surface area contributed by atoms with E-state index in [0.29, 0.717) is 11.8 Å². The number of hydrogen-bond donors (Lipinski definition) is 0. The Labute approximate surface area is 377 Å². The summed E-state index contributed by atoms with van der Waals surface area (Å²) in [6.45, 7) is 19.1. The SMILES string of the molecule is CC1=C(C)C(C)[C]([Hf]([C]2=CC=CC2)=[Si](c2ccccc2)c2ccccc2)=C1C.CC1=C(C)C(C)[C]([Hf]([C]2=CC=CC2)=[Si](c2ccccc2)c2ccccc2)=C1C.Cl.Cl. The second-order valence-electron chi connectivity index (χ2n) is 15.7. The first-order valence-corrected chi connectivity index (χ1v) is 41.3. The van der Waals surface area contributed by atoms with Gasteiger partial charge in [-0.1, -0.05) is 0 Å². The van der Waals surface area contributed by atoms with E-state index in [9.17, 15) is 0 Å². The van der Waals surface area contributed by atoms with E-state index in [2.05, 4.69) is 213 Å². The van der Waals surface area contributed by atoms with Crippen LogP contribution in [-0.4, -0.2) is 11.0 Å². The summed E-state index contributed by atoms with van der Waals surface area (Å²) in [7, 11) is 0. The molecule has 6 heteroatoms. The molecular formula is C52H58Cl2Hf2Si2. The van der Waals surface area contributed by atoms with Gasteiger partial charge in [-0.2, -0.15) is 0 Å². The molecule has 0 aromatic heterocycles. The predicted molar refractivity (Wildman–Crippen MR) is 254 cm³/mol. The Balaban J connectivity index is 0.000000214. The minimum Gasteiger partial charge on any atom is -0.147 e. The van der Waals surface area contributed by atoms with Gasteiger partial charge in [-0.15, -0.1) is 24.8 Å². The van der Waals surface area contributed by atoms with Crippen molar-refractivity contribution in [1.82, 2.24) is 0 Å². The fraction of sp³-hybridized carbons (Fsp3) is 0.231. The molecule has 4 aromatic carbocycles. The number of rotatable bonds is 8. The van der Waals surface area contributed by atoms with Crippen LogP contribution in [0, 0.1) is 11.8 Å². The molecule has 0 saturated carbocycles. The molecule has 0 aliphatic heterocycles. The van der Waals surface area contributed by atoms with Crippen molar-refractivity contribution in [3.63, 3.8) is 0 Å². The molecule has 0 fully saturated rings. The van der Waals surface area contributed by atoms with Gasteiger partial charge in [0.2, 0.25) is 0 Å². The number of halogens is 2. The van der Waals surface area contributed by atoms with Crippen LogP contribution in [-0.2, 0) is 40.1 Å². The van der Waals surface area contributed by atoms with Gasteiger partial charge in [-0.25, -0.2) is 0 Å². The molecule has 0 bridgehead atoms. The Hall–Kier alpha value is -2.45. The standard InChI is InChI=1S/2C12H10Si.2C9H13.2C5H5.2ClH.2Hf/c2*1-3-7-11(8-4-1)13-12-9-5-2-6-10-12;2*1-6-5-7(2)9(4)8(6)3;2*1-2-4-5-3-1;;;;/h2*1-10H;2*6H,1-4H3;2*1-3H,4H2;2*1H;;. The Morgan fingerprint density at radius 3 is 0.897 bits per heavy atom. The van der Waals surface area contributed by atoms with Crippen LogP contribution in [0.2, 0.25) is 0 Å². The van der Waals surface area contributed by atoms with E-state index in [1.807, 2.05) is 6.66 Å². The Kier molecular flexibility index (Phi) is 17.2. The molecule has 296 valence electrons. The number of hydrogen-bond acceptors (Lipinski definition) is 0. The van der Waals surface area contributed by atoms with Gasteiger partial charge in [-0.3, -0.25) is 0 Å². The van der Waals surface area contributed by atoms with Gasteiger partial charge >= 0.3 is 356 Å². The number of benzene rings is 4. The number of allylic oxidation sites excluding steroid dienone is 16. The Bertz CT molecular complexity index is 2200. The van der Waals surface area contributed by atoms with Crippen LogP contribution in [0.3, 0.4) is 0 Å². The third-order valence-electron chi connectivity index (χ3n) is 12.8. The van der Waals surface area contributed by atoms with Crippen molar-refractivity contribution in [3.05, 3.63) is 205 Å². The van der Waals surface area contributed by atoms with Crippen molar-refractivity contribution in [2.75, 3.05) is 0 Å². The van der Waals surface area contributed by atoms with E-state index in [0.717, 1.165) is 0 Å². The maximum atomic E-state index is 2.48. The van der Waals surface area contributed by atoms with Gasteiger partial charge in [0.15, 0.2) is 0 Å². The minimum absolute atomic E-state index is 0. The molecule has 2 atom stereocenters. The molecule has 0 saturated heterocycles. The molecule has 8 rings (SSSR count). The van der Waals surface area contributed by atoms with Crippen LogP contribution in [0.1, 0.15) is 68.2 Å². The Morgan fingerprint density at radius 1 is 0.414 bits per heavy atom. The van der Waals surface area contributed by atoms with Gasteiger partial charge in [0, 0.05) is 0 Å². The van der Waals surface area contributed by atoms with Crippen LogP contribution in [0.15, 0.2) is 205 Å². The van der Waals surface area contributed by atoms with Crippen molar-refractivity contribution in [3.8, 4) is 0 Å². The molecule has 0 heterocycles. The van der Waals surface area contributed by atoms with E-state index in [1.54, 1.807) is 60.8 Å². The zero-order valence-corrected chi connectivity index (χ0v) is 46.2. The van der Waals surface area contributed by atoms with Crippen LogP contribution < -0.4 is 20.7 Å². The first-order valence-electron chi connectivity index (χ1n) is 20.4. The summed E-state index contributed by atoms with van der Waals surface area (Å²) >= 11 is -4.70. The third kappa shape index (κ3) is 9.69. The molecule has 4 aliphatic carbocycles. The molecule has 0 radical (unpaired) electrons. The fourth-order valence-corrected chi connectivity index (χ4v) is 71.6. The normalized spacial score (nSPS) is 18.1. The Morgan fingerprint density at radius 2 is 0.690 bits per heavy atom. The zero-order valence-electron chi connectivity index (χ0n) is 35.4. The first-order chi connectivity index (χ1) is 27.2. The van der Waals surface area contributed by atoms with E-state index < -0.39 is 51.1 Å². The summed E-state index contributed by atoms with van der Waals surface area (Å²) in [5.74, 6) is 1.24. The zero-order chi connectivity index (χ0) is 39.3. The van der Waals surface area contributed by atoms with Crippen LogP contribution in [0.25, 0.3) is 0 Å². The van der Waals surface area contributed by atoms with E-state index in [4.69, 9.17) is 0 Å². The smallest absolute Gasteiger partial charge is 0.147 e. The summed E-state index contributed by atoms with van der Waals surface area (Å²) in [6.07, 6.45) is 16.7. The van der Waals surface area contributed by atoms with Crippen molar-refractivity contribution < 1.29 is 40.1 Å². The molecular weight excluding hydrogens is 1110 g/mol. The summed E-state index contributed by atoms with van der Waals surface area (Å²) in [6, 6.07) is 45.7. The van der Waals surface area contributed by atoms with Crippen molar-refractivity contribution in [1.29, 1.82) is 0 Å². The van der Waals surface area contributed by atoms with Gasteiger partial charge in [-0.05, 0) is 0 Å². The second-order valence-corrected chi connectivity index (χ2v) is 52.4. The van der Waals surface area contributed by atoms with E-state index in [-0.39, 0.29) is 24.8 Å². The summed E-state index contributed by atoms with van der Waals surface area (Å²) < 4.78 is 7.35. The molecule has 0 nitrogen and oxygen atoms in total. The van der Waals surface area contributed by atoms with E-state index >= 15 is 0 Å². The summed E-state index contributed by atoms with van der Waals surface area (Å²) in [5, 5.41) is 6.40. The van der Waals surface area contributed by atoms with Crippen LogP contribution >= 0.6 is 24.8 Å². The molecule has 4 aliphatic rings. The van der Waals surface area contributed by atoms with Gasteiger partial charge < -0.3 is 0 Å². The summed E-state index contributed by atoms with van der Waals surface area (Å²) in [5.41, 5.74) is 7.96. The van der Waals surface area contributed by atoms with Crippen molar-refractivity contribution in [2.24, 2.45) is 11.8 Å². The maximum absolute atomic E-state index is 2.48. The third-order valence-corrected chi connectivity index (χ3v) is 67.2. The van der Waals surface area contributed by atoms with Gasteiger partial charge in [0.05, 0.1) is 0 Å².